The van der Waals surface area contributed by atoms with Crippen LogP contribution in [0.15, 0.2) is 72.8 Å². The summed E-state index contributed by atoms with van der Waals surface area (Å²) in [6, 6.07) is 23.4. The zero-order chi connectivity index (χ0) is 23.9. The minimum absolute atomic E-state index is 0.0840. The van der Waals surface area contributed by atoms with Crippen LogP contribution in [-0.2, 0) is 13.0 Å². The Hall–Kier alpha value is -3.60. The van der Waals surface area contributed by atoms with Crippen molar-refractivity contribution in [3.05, 3.63) is 101 Å². The van der Waals surface area contributed by atoms with Crippen LogP contribution in [0, 0.1) is 0 Å². The zero-order valence-corrected chi connectivity index (χ0v) is 19.9. The fraction of sp³-hybridized carbons (Fsp3) is 0.310. The van der Waals surface area contributed by atoms with Gasteiger partial charge in [0.05, 0.1) is 7.11 Å². The van der Waals surface area contributed by atoms with E-state index in [1.54, 1.807) is 7.11 Å². The Balaban J connectivity index is 1.39. The third-order valence-corrected chi connectivity index (χ3v) is 6.55. The molecule has 1 saturated heterocycles. The first-order valence-corrected chi connectivity index (χ1v) is 12.0. The lowest BCUT2D eigenvalue weighted by molar-refractivity contribution is 0.0706. The van der Waals surface area contributed by atoms with Crippen molar-refractivity contribution in [2.75, 3.05) is 20.2 Å². The lowest BCUT2D eigenvalue weighted by Gasteiger charge is -2.33. The van der Waals surface area contributed by atoms with Crippen molar-refractivity contribution in [2.24, 2.45) is 0 Å². The van der Waals surface area contributed by atoms with Gasteiger partial charge in [-0.25, -0.2) is 0 Å². The molecule has 1 heterocycles. The molecular formula is C29H32N2O3. The van der Waals surface area contributed by atoms with E-state index in [9.17, 15) is 9.59 Å². The third-order valence-electron chi connectivity index (χ3n) is 6.55. The number of nitrogens with zero attached hydrogens (tertiary/aromatic N) is 1. The SMILES string of the molecule is CCc1ccc(C(=O)N2CCC[C@@H](c3cccc(C(=O)NCc4ccc(OC)cc4)c3)C2)cc1. The van der Waals surface area contributed by atoms with E-state index in [0.717, 1.165) is 48.2 Å². The molecule has 0 bridgehead atoms. The van der Waals surface area contributed by atoms with Crippen LogP contribution < -0.4 is 10.1 Å². The molecule has 1 aliphatic heterocycles. The highest BCUT2D eigenvalue weighted by atomic mass is 16.5. The first-order valence-electron chi connectivity index (χ1n) is 12.0. The number of nitrogens with one attached hydrogen (secondary N) is 1. The standard InChI is InChI=1S/C29H32N2O3/c1-3-21-9-13-23(14-10-21)29(33)31-17-5-8-26(20-31)24-6-4-7-25(18-24)28(32)30-19-22-11-15-27(34-2)16-12-22/h4,6-7,9-16,18,26H,3,5,8,17,19-20H2,1-2H3,(H,30,32)/t26-/m1/s1. The number of benzene rings is 3. The van der Waals surface area contributed by atoms with Crippen molar-refractivity contribution >= 4 is 11.8 Å². The molecule has 1 N–H and O–H groups in total. The van der Waals surface area contributed by atoms with Crippen molar-refractivity contribution in [1.29, 1.82) is 0 Å². The fourth-order valence-electron chi connectivity index (χ4n) is 4.46. The number of carbonyl (C=O) groups excluding carboxylic acids is 2. The molecule has 3 aromatic carbocycles. The lowest BCUT2D eigenvalue weighted by Crippen LogP contribution is -2.39. The molecule has 0 aliphatic carbocycles. The second kappa shape index (κ2) is 11.0. The summed E-state index contributed by atoms with van der Waals surface area (Å²) in [5, 5.41) is 3.00. The van der Waals surface area contributed by atoms with E-state index in [4.69, 9.17) is 4.74 Å². The Morgan fingerprint density at radius 2 is 1.71 bits per heavy atom. The van der Waals surface area contributed by atoms with Crippen LogP contribution >= 0.6 is 0 Å². The Morgan fingerprint density at radius 1 is 0.971 bits per heavy atom. The topological polar surface area (TPSA) is 58.6 Å². The number of amides is 2. The van der Waals surface area contributed by atoms with Gasteiger partial charge in [-0.15, -0.1) is 0 Å². The number of likely N-dealkylation sites (tertiary alicyclic amines) is 1. The van der Waals surface area contributed by atoms with Gasteiger partial charge in [0.25, 0.3) is 11.8 Å². The number of hydrogen-bond acceptors (Lipinski definition) is 3. The fourth-order valence-corrected chi connectivity index (χ4v) is 4.46. The number of rotatable bonds is 7. The molecule has 34 heavy (non-hydrogen) atoms. The molecule has 0 aromatic heterocycles. The molecule has 0 radical (unpaired) electrons. The van der Waals surface area contributed by atoms with Gasteiger partial charge < -0.3 is 15.0 Å². The molecule has 3 aromatic rings. The molecule has 0 spiro atoms. The lowest BCUT2D eigenvalue weighted by atomic mass is 9.89. The van der Waals surface area contributed by atoms with E-state index >= 15 is 0 Å². The molecule has 5 nitrogen and oxygen atoms in total. The van der Waals surface area contributed by atoms with Crippen LogP contribution in [0.1, 0.15) is 63.1 Å². The summed E-state index contributed by atoms with van der Waals surface area (Å²) in [5.74, 6) is 1.00. The van der Waals surface area contributed by atoms with Gasteiger partial charge in [0.15, 0.2) is 0 Å². The smallest absolute Gasteiger partial charge is 0.253 e. The molecule has 0 saturated carbocycles. The third kappa shape index (κ3) is 5.66. The van der Waals surface area contributed by atoms with Crippen LogP contribution in [0.4, 0.5) is 0 Å². The number of hydrogen-bond donors (Lipinski definition) is 1. The molecule has 2 amide bonds. The van der Waals surface area contributed by atoms with Gasteiger partial charge >= 0.3 is 0 Å². The van der Waals surface area contributed by atoms with E-state index in [-0.39, 0.29) is 17.7 Å². The molecule has 1 aliphatic rings. The average molecular weight is 457 g/mol. The quantitative estimate of drug-likeness (QED) is 0.531. The number of methoxy groups -OCH3 is 1. The van der Waals surface area contributed by atoms with Gasteiger partial charge in [0, 0.05) is 36.7 Å². The zero-order valence-electron chi connectivity index (χ0n) is 19.9. The molecular weight excluding hydrogens is 424 g/mol. The van der Waals surface area contributed by atoms with Crippen molar-refractivity contribution in [3.8, 4) is 5.75 Å². The molecule has 176 valence electrons. The first kappa shape index (κ1) is 23.6. The Bertz CT molecular complexity index is 1120. The Labute approximate surface area is 201 Å². The van der Waals surface area contributed by atoms with Gasteiger partial charge in [-0.3, -0.25) is 9.59 Å². The van der Waals surface area contributed by atoms with Gasteiger partial charge in [0.2, 0.25) is 0 Å². The minimum Gasteiger partial charge on any atom is -0.497 e. The van der Waals surface area contributed by atoms with Crippen LogP contribution in [-0.4, -0.2) is 36.9 Å². The molecule has 1 fully saturated rings. The molecule has 1 atom stereocenters. The van der Waals surface area contributed by atoms with E-state index in [2.05, 4.69) is 18.3 Å². The summed E-state index contributed by atoms with van der Waals surface area (Å²) in [6.07, 6.45) is 2.93. The number of aryl methyl sites for hydroxylation is 1. The Morgan fingerprint density at radius 3 is 2.41 bits per heavy atom. The summed E-state index contributed by atoms with van der Waals surface area (Å²) in [7, 11) is 1.63. The average Bonchev–Trinajstić information content (AvgIpc) is 2.91. The van der Waals surface area contributed by atoms with E-state index < -0.39 is 0 Å². The summed E-state index contributed by atoms with van der Waals surface area (Å²) in [5.41, 5.74) is 4.74. The predicted molar refractivity (Wildman–Crippen MR) is 134 cm³/mol. The maximum absolute atomic E-state index is 13.1. The van der Waals surface area contributed by atoms with Crippen molar-refractivity contribution in [1.82, 2.24) is 10.2 Å². The number of piperidine rings is 1. The highest BCUT2D eigenvalue weighted by Crippen LogP contribution is 2.28. The maximum atomic E-state index is 13.1. The highest BCUT2D eigenvalue weighted by Gasteiger charge is 2.26. The van der Waals surface area contributed by atoms with Gasteiger partial charge in [-0.1, -0.05) is 43.3 Å². The van der Waals surface area contributed by atoms with Crippen molar-refractivity contribution in [2.45, 2.75) is 38.6 Å². The van der Waals surface area contributed by atoms with Crippen LogP contribution in [0.3, 0.4) is 0 Å². The minimum atomic E-state index is -0.0996. The van der Waals surface area contributed by atoms with E-state index in [0.29, 0.717) is 18.7 Å². The normalized spacial score (nSPS) is 15.6. The number of carbonyl (C=O) groups is 2. The van der Waals surface area contributed by atoms with Crippen LogP contribution in [0.5, 0.6) is 5.75 Å². The largest absolute Gasteiger partial charge is 0.497 e. The van der Waals surface area contributed by atoms with Gasteiger partial charge in [-0.2, -0.15) is 0 Å². The summed E-state index contributed by atoms with van der Waals surface area (Å²) >= 11 is 0. The molecule has 5 heteroatoms. The van der Waals surface area contributed by atoms with Crippen LogP contribution in [0.2, 0.25) is 0 Å². The summed E-state index contributed by atoms with van der Waals surface area (Å²) in [4.78, 5) is 27.8. The summed E-state index contributed by atoms with van der Waals surface area (Å²) in [6.45, 7) is 4.01. The molecule has 0 unspecified atom stereocenters. The highest BCUT2D eigenvalue weighted by molar-refractivity contribution is 5.95. The van der Waals surface area contributed by atoms with Gasteiger partial charge in [0.1, 0.15) is 5.75 Å². The summed E-state index contributed by atoms with van der Waals surface area (Å²) < 4.78 is 5.18. The van der Waals surface area contributed by atoms with Crippen LogP contribution in [0.25, 0.3) is 0 Å². The monoisotopic (exact) mass is 456 g/mol. The van der Waals surface area contributed by atoms with Crippen molar-refractivity contribution < 1.29 is 14.3 Å². The maximum Gasteiger partial charge on any atom is 0.253 e. The predicted octanol–water partition coefficient (Wildman–Crippen LogP) is 5.21. The number of ether oxygens (including phenoxy) is 1. The van der Waals surface area contributed by atoms with E-state index in [1.807, 2.05) is 71.6 Å². The van der Waals surface area contributed by atoms with Crippen molar-refractivity contribution in [3.63, 3.8) is 0 Å². The first-order chi connectivity index (χ1) is 16.6. The van der Waals surface area contributed by atoms with E-state index in [1.165, 1.54) is 5.56 Å². The van der Waals surface area contributed by atoms with Gasteiger partial charge in [-0.05, 0) is 72.4 Å². The Kier molecular flexibility index (Phi) is 7.63. The second-order valence-corrected chi connectivity index (χ2v) is 8.80. The molecule has 4 rings (SSSR count). The second-order valence-electron chi connectivity index (χ2n) is 8.80.